The number of carbonyl (C=O) groups excluding carboxylic acids is 2. The second-order valence-electron chi connectivity index (χ2n) is 3.24. The molecule has 0 amide bonds. The third-order valence-electron chi connectivity index (χ3n) is 1.87. The minimum Gasteiger partial charge on any atom is -0.485 e. The first-order valence-corrected chi connectivity index (χ1v) is 5.97. The molecular weight excluding hydrogens is 288 g/mol. The number of ether oxygens (including phenoxy) is 2. The van der Waals surface area contributed by atoms with Crippen LogP contribution in [0.1, 0.15) is 13.3 Å². The number of Topliss-reactive ketones (excluding diaryl/α,β-unsaturated/α-hetero) is 1. The van der Waals surface area contributed by atoms with E-state index in [9.17, 15) is 9.59 Å². The zero-order chi connectivity index (χ0) is 12.7. The van der Waals surface area contributed by atoms with E-state index in [-0.39, 0.29) is 25.4 Å². The first-order chi connectivity index (χ1) is 8.13. The van der Waals surface area contributed by atoms with Crippen LogP contribution in [0.4, 0.5) is 0 Å². The van der Waals surface area contributed by atoms with E-state index in [4.69, 9.17) is 4.74 Å². The summed E-state index contributed by atoms with van der Waals surface area (Å²) >= 11 is 3.29. The molecule has 1 aromatic rings. The van der Waals surface area contributed by atoms with Gasteiger partial charge in [0.1, 0.15) is 18.8 Å². The van der Waals surface area contributed by atoms with Crippen molar-refractivity contribution in [3.63, 3.8) is 0 Å². The molecule has 0 heterocycles. The fraction of sp³-hybridized carbons (Fsp3) is 0.333. The molecule has 0 bridgehead atoms. The molecule has 17 heavy (non-hydrogen) atoms. The highest BCUT2D eigenvalue weighted by atomic mass is 79.9. The molecule has 0 spiro atoms. The van der Waals surface area contributed by atoms with Gasteiger partial charge in [0.25, 0.3) is 0 Å². The van der Waals surface area contributed by atoms with E-state index in [0.29, 0.717) is 5.75 Å². The third kappa shape index (κ3) is 4.99. The van der Waals surface area contributed by atoms with Gasteiger partial charge in [0.05, 0.1) is 11.1 Å². The van der Waals surface area contributed by atoms with Gasteiger partial charge in [-0.05, 0) is 35.0 Å². The van der Waals surface area contributed by atoms with E-state index in [1.807, 2.05) is 12.1 Å². The number of ketones is 1. The van der Waals surface area contributed by atoms with Crippen molar-refractivity contribution >= 4 is 27.7 Å². The zero-order valence-corrected chi connectivity index (χ0v) is 11.0. The zero-order valence-electron chi connectivity index (χ0n) is 9.44. The Kier molecular flexibility index (Phi) is 5.69. The summed E-state index contributed by atoms with van der Waals surface area (Å²) in [6.07, 6.45) is -0.252. The minimum absolute atomic E-state index is 0.137. The summed E-state index contributed by atoms with van der Waals surface area (Å²) in [5.41, 5.74) is 0. The quantitative estimate of drug-likeness (QED) is 0.598. The molecule has 0 aliphatic heterocycles. The number of rotatable bonds is 6. The molecular formula is C12H13BrO4. The van der Waals surface area contributed by atoms with Crippen molar-refractivity contribution in [2.45, 2.75) is 13.3 Å². The second-order valence-corrected chi connectivity index (χ2v) is 4.09. The predicted molar refractivity (Wildman–Crippen MR) is 65.9 cm³/mol. The van der Waals surface area contributed by atoms with Crippen molar-refractivity contribution in [1.29, 1.82) is 0 Å². The van der Waals surface area contributed by atoms with Gasteiger partial charge in [-0.1, -0.05) is 12.1 Å². The van der Waals surface area contributed by atoms with E-state index in [1.165, 1.54) is 0 Å². The molecule has 0 aliphatic rings. The van der Waals surface area contributed by atoms with Gasteiger partial charge in [-0.15, -0.1) is 0 Å². The van der Waals surface area contributed by atoms with Gasteiger partial charge in [-0.2, -0.15) is 0 Å². The van der Waals surface area contributed by atoms with Gasteiger partial charge >= 0.3 is 5.97 Å². The SMILES string of the molecule is CCOC(=O)CC(=O)COc1ccccc1Br. The number of esters is 1. The van der Waals surface area contributed by atoms with Crippen molar-refractivity contribution in [2.75, 3.05) is 13.2 Å². The lowest BCUT2D eigenvalue weighted by Gasteiger charge is -2.06. The van der Waals surface area contributed by atoms with Gasteiger partial charge in [-0.25, -0.2) is 0 Å². The normalized spacial score (nSPS) is 9.76. The smallest absolute Gasteiger partial charge is 0.313 e. The summed E-state index contributed by atoms with van der Waals surface area (Å²) in [5.74, 6) is -0.253. The lowest BCUT2D eigenvalue weighted by molar-refractivity contribution is -0.145. The standard InChI is InChI=1S/C12H13BrO4/c1-2-16-12(15)7-9(14)8-17-11-6-4-3-5-10(11)13/h3-6H,2,7-8H2,1H3. The molecule has 0 N–H and O–H groups in total. The highest BCUT2D eigenvalue weighted by Gasteiger charge is 2.11. The number of carbonyl (C=O) groups is 2. The maximum atomic E-state index is 11.4. The molecule has 0 saturated heterocycles. The lowest BCUT2D eigenvalue weighted by Crippen LogP contribution is -2.17. The van der Waals surface area contributed by atoms with Gasteiger partial charge in [-0.3, -0.25) is 9.59 Å². The van der Waals surface area contributed by atoms with E-state index in [1.54, 1.807) is 19.1 Å². The van der Waals surface area contributed by atoms with Crippen LogP contribution in [-0.4, -0.2) is 25.0 Å². The molecule has 1 aromatic carbocycles. The highest BCUT2D eigenvalue weighted by molar-refractivity contribution is 9.10. The van der Waals surface area contributed by atoms with Gasteiger partial charge in [0.15, 0.2) is 5.78 Å². The van der Waals surface area contributed by atoms with Crippen molar-refractivity contribution < 1.29 is 19.1 Å². The molecule has 4 nitrogen and oxygen atoms in total. The Morgan fingerprint density at radius 2 is 2.00 bits per heavy atom. The molecule has 0 atom stereocenters. The summed E-state index contributed by atoms with van der Waals surface area (Å²) in [6, 6.07) is 7.19. The van der Waals surface area contributed by atoms with Crippen LogP contribution < -0.4 is 4.74 Å². The molecule has 5 heteroatoms. The van der Waals surface area contributed by atoms with E-state index in [2.05, 4.69) is 20.7 Å². The molecule has 92 valence electrons. The molecule has 0 saturated carbocycles. The summed E-state index contributed by atoms with van der Waals surface area (Å²) in [7, 11) is 0. The Bertz CT molecular complexity index is 403. The number of hydrogen-bond acceptors (Lipinski definition) is 4. The molecule has 0 radical (unpaired) electrons. The van der Waals surface area contributed by atoms with Crippen LogP contribution in [0.5, 0.6) is 5.75 Å². The lowest BCUT2D eigenvalue weighted by atomic mass is 10.3. The van der Waals surface area contributed by atoms with Crippen LogP contribution in [0, 0.1) is 0 Å². The Morgan fingerprint density at radius 1 is 1.29 bits per heavy atom. The average molecular weight is 301 g/mol. The van der Waals surface area contributed by atoms with Crippen molar-refractivity contribution in [3.8, 4) is 5.75 Å². The van der Waals surface area contributed by atoms with Gasteiger partial charge in [0, 0.05) is 0 Å². The molecule has 0 unspecified atom stereocenters. The first kappa shape index (κ1) is 13.7. The van der Waals surface area contributed by atoms with Crippen LogP contribution in [-0.2, 0) is 14.3 Å². The maximum Gasteiger partial charge on any atom is 0.313 e. The number of hydrogen-bond donors (Lipinski definition) is 0. The fourth-order valence-electron chi connectivity index (χ4n) is 1.14. The van der Waals surface area contributed by atoms with Crippen LogP contribution in [0.15, 0.2) is 28.7 Å². The topological polar surface area (TPSA) is 52.6 Å². The molecule has 0 aliphatic carbocycles. The largest absolute Gasteiger partial charge is 0.485 e. The maximum absolute atomic E-state index is 11.4. The monoisotopic (exact) mass is 300 g/mol. The van der Waals surface area contributed by atoms with Gasteiger partial charge in [0.2, 0.25) is 0 Å². The van der Waals surface area contributed by atoms with E-state index < -0.39 is 5.97 Å². The van der Waals surface area contributed by atoms with Crippen LogP contribution >= 0.6 is 15.9 Å². The van der Waals surface area contributed by atoms with E-state index in [0.717, 1.165) is 4.47 Å². The number of halogens is 1. The second kappa shape index (κ2) is 7.06. The Labute approximate surface area is 108 Å². The molecule has 0 fully saturated rings. The third-order valence-corrected chi connectivity index (χ3v) is 2.53. The van der Waals surface area contributed by atoms with Crippen LogP contribution in [0.3, 0.4) is 0 Å². The van der Waals surface area contributed by atoms with Crippen LogP contribution in [0.2, 0.25) is 0 Å². The number of benzene rings is 1. The molecule has 1 rings (SSSR count). The number of para-hydroxylation sites is 1. The Balaban J connectivity index is 2.38. The van der Waals surface area contributed by atoms with Crippen LogP contribution in [0.25, 0.3) is 0 Å². The summed E-state index contributed by atoms with van der Waals surface area (Å²) < 4.78 is 10.7. The van der Waals surface area contributed by atoms with Crippen molar-refractivity contribution in [1.82, 2.24) is 0 Å². The summed E-state index contributed by atoms with van der Waals surface area (Å²) in [6.45, 7) is 1.83. The van der Waals surface area contributed by atoms with E-state index >= 15 is 0 Å². The minimum atomic E-state index is -0.520. The van der Waals surface area contributed by atoms with Crippen molar-refractivity contribution in [2.24, 2.45) is 0 Å². The Hall–Kier alpha value is -1.36. The highest BCUT2D eigenvalue weighted by Crippen LogP contribution is 2.23. The Morgan fingerprint density at radius 3 is 2.65 bits per heavy atom. The summed E-state index contributed by atoms with van der Waals surface area (Å²) in [5, 5.41) is 0. The predicted octanol–water partition coefficient (Wildman–Crippen LogP) is 2.35. The first-order valence-electron chi connectivity index (χ1n) is 5.18. The van der Waals surface area contributed by atoms with Gasteiger partial charge < -0.3 is 9.47 Å². The summed E-state index contributed by atoms with van der Waals surface area (Å²) in [4.78, 5) is 22.4. The average Bonchev–Trinajstić information content (AvgIpc) is 2.28. The fourth-order valence-corrected chi connectivity index (χ4v) is 1.54. The van der Waals surface area contributed by atoms with Crippen molar-refractivity contribution in [3.05, 3.63) is 28.7 Å². The molecule has 0 aromatic heterocycles.